The van der Waals surface area contributed by atoms with E-state index in [-0.39, 0.29) is 22.3 Å². The van der Waals surface area contributed by atoms with E-state index in [4.69, 9.17) is 4.98 Å². The molecule has 0 aliphatic heterocycles. The number of pyridine rings is 1. The van der Waals surface area contributed by atoms with Crippen molar-refractivity contribution >= 4 is 109 Å². The lowest BCUT2D eigenvalue weighted by molar-refractivity contribution is -0.138. The molecule has 0 atom stereocenters. The zero-order valence-corrected chi connectivity index (χ0v) is 48.0. The molecule has 434 valence electrons. The molecule has 0 N–H and O–H groups in total. The summed E-state index contributed by atoms with van der Waals surface area (Å²) in [7, 11) is 0. The molecule has 0 saturated heterocycles. The monoisotopic (exact) mass is 1190 g/mol. The summed E-state index contributed by atoms with van der Waals surface area (Å²) < 4.78 is 107. The zero-order valence-electron chi connectivity index (χ0n) is 48.0. The SMILES string of the molecule is FC(F)(F)c1cccc(-c2c(-c3cccc(C(F)(F)F)c3)c(-n3c4ccccc4c4ccccc43)c(-n3c4ccccc4c4ccc5c(c6ncccc6n5-c5ccccc5)c43)c(-n3c4ccccc4c4ccccc43)c2-n2c3ccccc3c3ccccc32)c1. The van der Waals surface area contributed by atoms with Gasteiger partial charge in [-0.3, -0.25) is 4.98 Å². The first kappa shape index (κ1) is 52.5. The lowest BCUT2D eigenvalue weighted by atomic mass is 9.87. The number of hydrogen-bond donors (Lipinski definition) is 0. The third kappa shape index (κ3) is 7.59. The largest absolute Gasteiger partial charge is 0.416 e. The molecule has 0 bridgehead atoms. The molecule has 12 aromatic carbocycles. The Hall–Kier alpha value is -11.6. The highest BCUT2D eigenvalue weighted by Crippen LogP contribution is 2.56. The molecule has 0 spiro atoms. The average molecular weight is 1190 g/mol. The van der Waals surface area contributed by atoms with Crippen molar-refractivity contribution in [3.05, 3.63) is 290 Å². The lowest BCUT2D eigenvalue weighted by Crippen LogP contribution is -2.17. The molecule has 0 fully saturated rings. The van der Waals surface area contributed by atoms with E-state index in [1.807, 2.05) is 158 Å². The van der Waals surface area contributed by atoms with E-state index in [0.717, 1.165) is 112 Å². The second kappa shape index (κ2) is 19.4. The minimum Gasteiger partial charge on any atom is -0.308 e. The van der Waals surface area contributed by atoms with Crippen LogP contribution in [0.4, 0.5) is 26.3 Å². The molecule has 6 heterocycles. The molecule has 0 aliphatic rings. The number of para-hydroxylation sites is 8. The van der Waals surface area contributed by atoms with Gasteiger partial charge in [0.1, 0.15) is 0 Å². The Morgan fingerprint density at radius 2 is 0.615 bits per heavy atom. The summed E-state index contributed by atoms with van der Waals surface area (Å²) in [5.74, 6) is 0. The van der Waals surface area contributed by atoms with Crippen LogP contribution >= 0.6 is 0 Å². The summed E-state index contributed by atoms with van der Waals surface area (Å²) in [6.07, 6.45) is -7.89. The Morgan fingerprint density at radius 1 is 0.264 bits per heavy atom. The van der Waals surface area contributed by atoms with Crippen LogP contribution in [0.3, 0.4) is 0 Å². The van der Waals surface area contributed by atoms with Gasteiger partial charge in [-0.2, -0.15) is 26.3 Å². The van der Waals surface area contributed by atoms with Crippen molar-refractivity contribution in [3.8, 4) is 50.7 Å². The van der Waals surface area contributed by atoms with Gasteiger partial charge in [-0.05, 0) is 108 Å². The molecule has 91 heavy (non-hydrogen) atoms. The van der Waals surface area contributed by atoms with Crippen LogP contribution in [-0.2, 0) is 12.4 Å². The Labute approximate surface area is 514 Å². The van der Waals surface area contributed by atoms with Gasteiger partial charge in [0.25, 0.3) is 0 Å². The highest BCUT2D eigenvalue weighted by molar-refractivity contribution is 6.27. The maximum absolute atomic E-state index is 16.0. The van der Waals surface area contributed by atoms with E-state index in [2.05, 4.69) is 89.6 Å². The molecular weight excluding hydrogens is 1150 g/mol. The van der Waals surface area contributed by atoms with Crippen LogP contribution in [0.15, 0.2) is 279 Å². The molecule has 0 amide bonds. The number of aromatic nitrogens is 6. The number of benzene rings is 12. The van der Waals surface area contributed by atoms with Gasteiger partial charge in [0.2, 0.25) is 0 Å². The van der Waals surface area contributed by atoms with Crippen LogP contribution in [0, 0.1) is 0 Å². The Kier molecular flexibility index (Phi) is 11.2. The molecule has 12 heteroatoms. The van der Waals surface area contributed by atoms with Crippen LogP contribution in [0.2, 0.25) is 0 Å². The van der Waals surface area contributed by atoms with Crippen LogP contribution in [0.1, 0.15) is 11.1 Å². The minimum atomic E-state index is -4.85. The van der Waals surface area contributed by atoms with Crippen molar-refractivity contribution < 1.29 is 26.3 Å². The number of fused-ring (bicyclic) bond motifs is 16. The summed E-state index contributed by atoms with van der Waals surface area (Å²) in [5.41, 5.74) is 9.92. The van der Waals surface area contributed by atoms with Gasteiger partial charge in [0.15, 0.2) is 0 Å². The predicted molar refractivity (Wildman–Crippen MR) is 357 cm³/mol. The lowest BCUT2D eigenvalue weighted by Gasteiger charge is -2.31. The second-order valence-corrected chi connectivity index (χ2v) is 23.2. The first-order valence-corrected chi connectivity index (χ1v) is 29.9. The molecule has 6 aromatic heterocycles. The maximum atomic E-state index is 16.0. The molecule has 6 nitrogen and oxygen atoms in total. The van der Waals surface area contributed by atoms with E-state index in [1.165, 1.54) is 12.1 Å². The van der Waals surface area contributed by atoms with Crippen molar-refractivity contribution in [2.45, 2.75) is 12.4 Å². The quantitative estimate of drug-likeness (QED) is 0.147. The Morgan fingerprint density at radius 3 is 1.03 bits per heavy atom. The van der Waals surface area contributed by atoms with Crippen molar-refractivity contribution in [1.29, 1.82) is 0 Å². The van der Waals surface area contributed by atoms with E-state index in [9.17, 15) is 0 Å². The normalized spacial score (nSPS) is 12.5. The van der Waals surface area contributed by atoms with Crippen LogP contribution in [-0.4, -0.2) is 27.8 Å². The minimum absolute atomic E-state index is 0.115. The van der Waals surface area contributed by atoms with E-state index >= 15 is 26.3 Å². The third-order valence-corrected chi connectivity index (χ3v) is 18.3. The number of nitrogens with zero attached hydrogens (tertiary/aromatic N) is 6. The number of rotatable bonds is 7. The van der Waals surface area contributed by atoms with E-state index in [0.29, 0.717) is 50.3 Å². The van der Waals surface area contributed by atoms with E-state index in [1.54, 1.807) is 18.3 Å². The highest BCUT2D eigenvalue weighted by Gasteiger charge is 2.39. The fourth-order valence-corrected chi connectivity index (χ4v) is 14.8. The van der Waals surface area contributed by atoms with Crippen molar-refractivity contribution in [3.63, 3.8) is 0 Å². The predicted octanol–water partition coefficient (Wildman–Crippen LogP) is 21.9. The van der Waals surface area contributed by atoms with Crippen molar-refractivity contribution in [2.75, 3.05) is 0 Å². The summed E-state index contributed by atoms with van der Waals surface area (Å²) in [6.45, 7) is 0. The van der Waals surface area contributed by atoms with Crippen LogP contribution < -0.4 is 0 Å². The molecule has 18 aromatic rings. The molecular formula is C79H46F6N6. The Bertz CT molecular complexity index is 5910. The topological polar surface area (TPSA) is 37.5 Å². The summed E-state index contributed by atoms with van der Waals surface area (Å²) >= 11 is 0. The van der Waals surface area contributed by atoms with Gasteiger partial charge in [0.05, 0.1) is 99.9 Å². The van der Waals surface area contributed by atoms with Crippen molar-refractivity contribution in [2.24, 2.45) is 0 Å². The van der Waals surface area contributed by atoms with Gasteiger partial charge >= 0.3 is 12.4 Å². The fraction of sp³-hybridized carbons (Fsp3) is 0.0253. The third-order valence-electron chi connectivity index (χ3n) is 18.3. The first-order valence-electron chi connectivity index (χ1n) is 29.9. The zero-order chi connectivity index (χ0) is 61.0. The molecule has 0 aliphatic carbocycles. The van der Waals surface area contributed by atoms with Crippen LogP contribution in [0.25, 0.3) is 160 Å². The maximum Gasteiger partial charge on any atom is 0.416 e. The number of halogens is 6. The second-order valence-electron chi connectivity index (χ2n) is 23.2. The fourth-order valence-electron chi connectivity index (χ4n) is 14.8. The molecule has 0 saturated carbocycles. The Balaban J connectivity index is 1.24. The van der Waals surface area contributed by atoms with E-state index < -0.39 is 23.5 Å². The molecule has 0 unspecified atom stereocenters. The summed E-state index contributed by atoms with van der Waals surface area (Å²) in [4.78, 5) is 5.28. The smallest absolute Gasteiger partial charge is 0.308 e. The number of alkyl halides is 6. The first-order chi connectivity index (χ1) is 44.5. The highest BCUT2D eigenvalue weighted by atomic mass is 19.4. The van der Waals surface area contributed by atoms with Gasteiger partial charge < -0.3 is 22.8 Å². The summed E-state index contributed by atoms with van der Waals surface area (Å²) in [5, 5.41) is 7.75. The molecule has 0 radical (unpaired) electrons. The van der Waals surface area contributed by atoms with Crippen molar-refractivity contribution in [1.82, 2.24) is 27.8 Å². The number of hydrogen-bond acceptors (Lipinski definition) is 1. The molecule has 18 rings (SSSR count). The van der Waals surface area contributed by atoms with Gasteiger partial charge in [0, 0.05) is 66.1 Å². The van der Waals surface area contributed by atoms with Gasteiger partial charge in [-0.15, -0.1) is 0 Å². The van der Waals surface area contributed by atoms with Crippen LogP contribution in [0.5, 0.6) is 0 Å². The van der Waals surface area contributed by atoms with Gasteiger partial charge in [-0.1, -0.05) is 176 Å². The van der Waals surface area contributed by atoms with Gasteiger partial charge in [-0.25, -0.2) is 0 Å². The summed E-state index contributed by atoms with van der Waals surface area (Å²) in [6, 6.07) is 85.3. The standard InChI is InChI=1S/C79H46F6N6/c80-78(81,82)49-23-18-21-47(45-49)69-70(48-22-19-24-50(46-48)79(83,84)85)75(89-62-36-13-6-29-54(62)55-30-7-14-37-63(55)89)77(91-66-40-17-10-33-58(66)59-42-43-67-71(73(59)91)72-68(41-20-44-86-72)87(67)51-25-2-1-3-26-51)76(90-64-38-15-8-31-56(64)57-32-9-16-39-65(57)90)74(69)88-60-34-11-4-27-52(60)53-28-5-12-35-61(53)88/h1-46H. The average Bonchev–Trinajstić information content (AvgIpc) is 1.60.